The van der Waals surface area contributed by atoms with Crippen molar-refractivity contribution in [3.63, 3.8) is 0 Å². The number of rotatable bonds is 5. The van der Waals surface area contributed by atoms with E-state index in [1.807, 2.05) is 19.9 Å². The van der Waals surface area contributed by atoms with Crippen LogP contribution in [0.15, 0.2) is 11.0 Å². The van der Waals surface area contributed by atoms with Gasteiger partial charge in [-0.15, -0.1) is 11.3 Å². The molecule has 3 rings (SSSR count). The summed E-state index contributed by atoms with van der Waals surface area (Å²) in [4.78, 5) is 2.50. The SMILES string of the molecule is Cc1cc(S(=O)(=O)N(CC2CCCCN2)C2CC2)c(C)s1. The average Bonchev–Trinajstić information content (AvgIpc) is 3.21. The van der Waals surface area contributed by atoms with Crippen LogP contribution >= 0.6 is 11.3 Å². The molecule has 6 heteroatoms. The van der Waals surface area contributed by atoms with Gasteiger partial charge in [-0.05, 0) is 52.1 Å². The molecule has 118 valence electrons. The summed E-state index contributed by atoms with van der Waals surface area (Å²) in [6.07, 6.45) is 5.50. The number of nitrogens with one attached hydrogen (secondary N) is 1. The third-order valence-electron chi connectivity index (χ3n) is 4.35. The molecule has 4 nitrogen and oxygen atoms in total. The maximum atomic E-state index is 13.0. The molecule has 0 bridgehead atoms. The molecule has 1 aromatic heterocycles. The van der Waals surface area contributed by atoms with Crippen LogP contribution in [0.3, 0.4) is 0 Å². The van der Waals surface area contributed by atoms with E-state index in [1.54, 1.807) is 15.6 Å². The Bertz CT molecular complexity index is 599. The van der Waals surface area contributed by atoms with Crippen LogP contribution in [0, 0.1) is 13.8 Å². The molecule has 1 saturated carbocycles. The predicted molar refractivity (Wildman–Crippen MR) is 86.3 cm³/mol. The monoisotopic (exact) mass is 328 g/mol. The van der Waals surface area contributed by atoms with Gasteiger partial charge in [-0.3, -0.25) is 0 Å². The van der Waals surface area contributed by atoms with Gasteiger partial charge in [0.1, 0.15) is 0 Å². The highest BCUT2D eigenvalue weighted by Gasteiger charge is 2.40. The smallest absolute Gasteiger partial charge is 0.244 e. The van der Waals surface area contributed by atoms with Crippen molar-refractivity contribution in [3.05, 3.63) is 15.8 Å². The average molecular weight is 329 g/mol. The van der Waals surface area contributed by atoms with Gasteiger partial charge in [0, 0.05) is 28.4 Å². The van der Waals surface area contributed by atoms with Crippen molar-refractivity contribution >= 4 is 21.4 Å². The Morgan fingerprint density at radius 3 is 2.57 bits per heavy atom. The second-order valence-corrected chi connectivity index (χ2v) is 9.55. The van der Waals surface area contributed by atoms with E-state index in [0.717, 1.165) is 35.6 Å². The fraction of sp³-hybridized carbons (Fsp3) is 0.733. The van der Waals surface area contributed by atoms with Crippen molar-refractivity contribution in [2.45, 2.75) is 62.9 Å². The normalized spacial score (nSPS) is 23.7. The third kappa shape index (κ3) is 3.33. The zero-order valence-corrected chi connectivity index (χ0v) is 14.4. The van der Waals surface area contributed by atoms with E-state index in [1.165, 1.54) is 12.8 Å². The Kier molecular flexibility index (Phi) is 4.41. The molecule has 0 spiro atoms. The molecule has 1 N–H and O–H groups in total. The number of thiophene rings is 1. The van der Waals surface area contributed by atoms with Gasteiger partial charge in [-0.25, -0.2) is 8.42 Å². The number of hydrogen-bond donors (Lipinski definition) is 1. The van der Waals surface area contributed by atoms with Gasteiger partial charge in [0.05, 0.1) is 4.90 Å². The molecule has 0 radical (unpaired) electrons. The highest BCUT2D eigenvalue weighted by Crippen LogP contribution is 2.35. The van der Waals surface area contributed by atoms with E-state index < -0.39 is 10.0 Å². The topological polar surface area (TPSA) is 49.4 Å². The lowest BCUT2D eigenvalue weighted by Gasteiger charge is -2.30. The predicted octanol–water partition coefficient (Wildman–Crippen LogP) is 2.66. The maximum Gasteiger partial charge on any atom is 0.244 e. The highest BCUT2D eigenvalue weighted by molar-refractivity contribution is 7.89. The highest BCUT2D eigenvalue weighted by atomic mass is 32.2. The van der Waals surface area contributed by atoms with Crippen LogP contribution in [-0.2, 0) is 10.0 Å². The lowest BCUT2D eigenvalue weighted by Crippen LogP contribution is -2.46. The summed E-state index contributed by atoms with van der Waals surface area (Å²) in [5, 5.41) is 3.47. The minimum atomic E-state index is -3.34. The molecule has 1 aromatic rings. The Balaban J connectivity index is 1.84. The van der Waals surface area contributed by atoms with Crippen LogP contribution in [0.2, 0.25) is 0 Å². The van der Waals surface area contributed by atoms with Crippen LogP contribution in [0.1, 0.15) is 41.9 Å². The molecule has 1 saturated heterocycles. The van der Waals surface area contributed by atoms with Crippen molar-refractivity contribution in [2.24, 2.45) is 0 Å². The number of sulfonamides is 1. The fourth-order valence-corrected chi connectivity index (χ4v) is 6.35. The number of piperidine rings is 1. The second-order valence-electron chi connectivity index (χ2n) is 6.23. The van der Waals surface area contributed by atoms with E-state index in [4.69, 9.17) is 0 Å². The van der Waals surface area contributed by atoms with Gasteiger partial charge in [-0.1, -0.05) is 6.42 Å². The molecule has 1 unspecified atom stereocenters. The zero-order chi connectivity index (χ0) is 15.0. The number of aryl methyl sites for hydroxylation is 2. The summed E-state index contributed by atoms with van der Waals surface area (Å²) in [7, 11) is -3.34. The van der Waals surface area contributed by atoms with Crippen molar-refractivity contribution in [1.29, 1.82) is 0 Å². The molecule has 2 fully saturated rings. The molecule has 2 heterocycles. The summed E-state index contributed by atoms with van der Waals surface area (Å²) in [5.41, 5.74) is 0. The first-order valence-corrected chi connectivity index (χ1v) is 10.1. The summed E-state index contributed by atoms with van der Waals surface area (Å²) >= 11 is 1.57. The first kappa shape index (κ1) is 15.5. The number of hydrogen-bond acceptors (Lipinski definition) is 4. The quantitative estimate of drug-likeness (QED) is 0.904. The molecular formula is C15H24N2O2S2. The maximum absolute atomic E-state index is 13.0. The van der Waals surface area contributed by atoms with Gasteiger partial charge < -0.3 is 5.32 Å². The summed E-state index contributed by atoms with van der Waals surface area (Å²) in [5.74, 6) is 0. The molecule has 1 atom stereocenters. The van der Waals surface area contributed by atoms with Crippen LogP contribution in [0.5, 0.6) is 0 Å². The largest absolute Gasteiger partial charge is 0.313 e. The molecular weight excluding hydrogens is 304 g/mol. The fourth-order valence-electron chi connectivity index (χ4n) is 3.09. The van der Waals surface area contributed by atoms with Gasteiger partial charge in [0.15, 0.2) is 0 Å². The van der Waals surface area contributed by atoms with Gasteiger partial charge in [-0.2, -0.15) is 4.31 Å². The van der Waals surface area contributed by atoms with Crippen molar-refractivity contribution < 1.29 is 8.42 Å². The first-order valence-electron chi connectivity index (χ1n) is 7.81. The van der Waals surface area contributed by atoms with E-state index in [2.05, 4.69) is 5.32 Å². The molecule has 0 aromatic carbocycles. The van der Waals surface area contributed by atoms with Crippen molar-refractivity contribution in [2.75, 3.05) is 13.1 Å². The summed E-state index contributed by atoms with van der Waals surface area (Å²) in [6.45, 7) is 5.52. The first-order chi connectivity index (χ1) is 9.98. The van der Waals surface area contributed by atoms with E-state index in [9.17, 15) is 8.42 Å². The molecule has 21 heavy (non-hydrogen) atoms. The molecule has 1 aliphatic carbocycles. The molecule has 2 aliphatic rings. The lowest BCUT2D eigenvalue weighted by atomic mass is 10.1. The summed E-state index contributed by atoms with van der Waals surface area (Å²) in [6, 6.07) is 2.37. The summed E-state index contributed by atoms with van der Waals surface area (Å²) < 4.78 is 27.8. The lowest BCUT2D eigenvalue weighted by molar-refractivity contribution is 0.307. The Morgan fingerprint density at radius 1 is 1.29 bits per heavy atom. The standard InChI is InChI=1S/C15H24N2O2S2/c1-11-9-15(12(2)20-11)21(18,19)17(14-6-7-14)10-13-5-3-4-8-16-13/h9,13-14,16H,3-8,10H2,1-2H3. The van der Waals surface area contributed by atoms with E-state index in [-0.39, 0.29) is 6.04 Å². The van der Waals surface area contributed by atoms with Gasteiger partial charge in [0.25, 0.3) is 0 Å². The van der Waals surface area contributed by atoms with Crippen LogP contribution in [-0.4, -0.2) is 37.9 Å². The van der Waals surface area contributed by atoms with E-state index >= 15 is 0 Å². The van der Waals surface area contributed by atoms with E-state index in [0.29, 0.717) is 17.5 Å². The third-order valence-corrected chi connectivity index (χ3v) is 7.49. The van der Waals surface area contributed by atoms with Crippen molar-refractivity contribution in [3.8, 4) is 0 Å². The van der Waals surface area contributed by atoms with Gasteiger partial charge >= 0.3 is 0 Å². The minimum absolute atomic E-state index is 0.221. The van der Waals surface area contributed by atoms with Gasteiger partial charge in [0.2, 0.25) is 10.0 Å². The van der Waals surface area contributed by atoms with Crippen LogP contribution < -0.4 is 5.32 Å². The molecule has 0 amide bonds. The van der Waals surface area contributed by atoms with Crippen molar-refractivity contribution in [1.82, 2.24) is 9.62 Å². The second kappa shape index (κ2) is 5.99. The molecule has 1 aliphatic heterocycles. The van der Waals surface area contributed by atoms with Crippen LogP contribution in [0.25, 0.3) is 0 Å². The Morgan fingerprint density at radius 2 is 2.05 bits per heavy atom. The van der Waals surface area contributed by atoms with Crippen LogP contribution in [0.4, 0.5) is 0 Å². The zero-order valence-electron chi connectivity index (χ0n) is 12.8. The Hall–Kier alpha value is -0.430. The number of nitrogens with zero attached hydrogens (tertiary/aromatic N) is 1. The minimum Gasteiger partial charge on any atom is -0.313 e. The Labute approximate surface area is 131 Å².